The number of benzene rings is 2. The van der Waals surface area contributed by atoms with Crippen LogP contribution in [0.15, 0.2) is 72.5 Å². The molecule has 4 rings (SSSR count). The maximum atomic E-state index is 14.1. The molecule has 1 fully saturated rings. The summed E-state index contributed by atoms with van der Waals surface area (Å²) < 4.78 is 15.9. The Balaban J connectivity index is 1.96. The fourth-order valence-corrected chi connectivity index (χ4v) is 5.04. The minimum atomic E-state index is -1.74. The van der Waals surface area contributed by atoms with Gasteiger partial charge >= 0.3 is 5.97 Å². The van der Waals surface area contributed by atoms with Crippen molar-refractivity contribution in [1.82, 2.24) is 4.90 Å². The van der Waals surface area contributed by atoms with E-state index in [1.807, 2.05) is 0 Å². The van der Waals surface area contributed by atoms with E-state index in [1.165, 1.54) is 14.2 Å². The Morgan fingerprint density at radius 2 is 1.61 bits per heavy atom. The van der Waals surface area contributed by atoms with Crippen molar-refractivity contribution in [3.05, 3.63) is 83.6 Å². The van der Waals surface area contributed by atoms with E-state index < -0.39 is 29.4 Å². The third-order valence-electron chi connectivity index (χ3n) is 6.71. The summed E-state index contributed by atoms with van der Waals surface area (Å²) in [6.07, 6.45) is 4.75. The molecule has 0 amide bonds. The Kier molecular flexibility index (Phi) is 6.80. The van der Waals surface area contributed by atoms with Crippen molar-refractivity contribution in [2.45, 2.75) is 24.9 Å². The SMILES string of the molecule is CCOC(=O)[C@@]1(C#N)[C@@H]2C=CC(C#N)=CN2[C@@H](C(=O)c2ccc(OC)cc2)[C@@H]1c1ccc(OC)cc1. The number of rotatable bonds is 7. The number of ketones is 1. The minimum Gasteiger partial charge on any atom is -0.497 e. The number of nitriles is 2. The van der Waals surface area contributed by atoms with Crippen LogP contribution in [0.1, 0.15) is 28.8 Å². The quantitative estimate of drug-likeness (QED) is 0.432. The van der Waals surface area contributed by atoms with Gasteiger partial charge in [0.25, 0.3) is 0 Å². The molecule has 1 saturated heterocycles. The fraction of sp³-hybridized carbons (Fsp3) is 0.286. The molecule has 182 valence electrons. The van der Waals surface area contributed by atoms with Crippen molar-refractivity contribution in [2.24, 2.45) is 5.41 Å². The van der Waals surface area contributed by atoms with Gasteiger partial charge in [-0.25, -0.2) is 0 Å². The highest BCUT2D eigenvalue weighted by Crippen LogP contribution is 2.54. The molecule has 2 aromatic rings. The van der Waals surface area contributed by atoms with Crippen LogP contribution in [0.4, 0.5) is 0 Å². The average Bonchev–Trinajstić information content (AvgIpc) is 3.23. The van der Waals surface area contributed by atoms with Crippen molar-refractivity contribution in [3.63, 3.8) is 0 Å². The molecular weight excluding hydrogens is 458 g/mol. The first-order chi connectivity index (χ1) is 17.4. The van der Waals surface area contributed by atoms with Crippen LogP contribution in [-0.4, -0.2) is 49.6 Å². The molecular formula is C28H25N3O5. The zero-order chi connectivity index (χ0) is 25.9. The largest absolute Gasteiger partial charge is 0.497 e. The number of Topliss-reactive ketones (excluding diaryl/α,β-unsaturated/α-hetero) is 1. The number of carbonyl (C=O) groups is 2. The predicted molar refractivity (Wildman–Crippen MR) is 130 cm³/mol. The van der Waals surface area contributed by atoms with Crippen molar-refractivity contribution in [1.29, 1.82) is 10.5 Å². The van der Waals surface area contributed by atoms with Crippen molar-refractivity contribution in [3.8, 4) is 23.6 Å². The molecule has 0 bridgehead atoms. The van der Waals surface area contributed by atoms with Gasteiger partial charge in [-0.1, -0.05) is 18.2 Å². The lowest BCUT2D eigenvalue weighted by Gasteiger charge is -2.32. The Bertz CT molecular complexity index is 1300. The zero-order valence-corrected chi connectivity index (χ0v) is 20.2. The molecule has 0 saturated carbocycles. The van der Waals surface area contributed by atoms with Gasteiger partial charge in [-0.15, -0.1) is 0 Å². The Morgan fingerprint density at radius 1 is 1.00 bits per heavy atom. The van der Waals surface area contributed by atoms with Gasteiger partial charge in [-0.05, 0) is 55.0 Å². The predicted octanol–water partition coefficient (Wildman–Crippen LogP) is 3.77. The maximum absolute atomic E-state index is 14.1. The highest BCUT2D eigenvalue weighted by atomic mass is 16.5. The van der Waals surface area contributed by atoms with E-state index >= 15 is 0 Å². The van der Waals surface area contributed by atoms with Gasteiger partial charge in [0.1, 0.15) is 23.6 Å². The van der Waals surface area contributed by atoms with Crippen molar-refractivity contribution < 1.29 is 23.8 Å². The lowest BCUT2D eigenvalue weighted by atomic mass is 9.68. The van der Waals surface area contributed by atoms with E-state index in [-0.39, 0.29) is 12.4 Å². The molecule has 2 aliphatic heterocycles. The van der Waals surface area contributed by atoms with Gasteiger partial charge in [0, 0.05) is 17.7 Å². The van der Waals surface area contributed by atoms with Gasteiger partial charge in [0.05, 0.1) is 38.5 Å². The lowest BCUT2D eigenvalue weighted by Crippen LogP contribution is -2.45. The normalized spacial score (nSPS) is 24.1. The van der Waals surface area contributed by atoms with Gasteiger partial charge < -0.3 is 19.1 Å². The van der Waals surface area contributed by atoms with Crippen LogP contribution >= 0.6 is 0 Å². The minimum absolute atomic E-state index is 0.0738. The second kappa shape index (κ2) is 9.97. The van der Waals surface area contributed by atoms with Gasteiger partial charge in [0.15, 0.2) is 11.2 Å². The van der Waals surface area contributed by atoms with E-state index in [1.54, 1.807) is 78.7 Å². The fourth-order valence-electron chi connectivity index (χ4n) is 5.04. The first-order valence-electron chi connectivity index (χ1n) is 11.4. The van der Waals surface area contributed by atoms with Crippen LogP contribution in [-0.2, 0) is 9.53 Å². The molecule has 36 heavy (non-hydrogen) atoms. The number of hydrogen-bond donors (Lipinski definition) is 0. The van der Waals surface area contributed by atoms with Gasteiger partial charge in [0.2, 0.25) is 0 Å². The molecule has 0 aromatic heterocycles. The van der Waals surface area contributed by atoms with Crippen LogP contribution in [0.5, 0.6) is 11.5 Å². The number of esters is 1. The number of ether oxygens (including phenoxy) is 3. The monoisotopic (exact) mass is 483 g/mol. The third kappa shape index (κ3) is 3.87. The average molecular weight is 484 g/mol. The molecule has 0 N–H and O–H groups in total. The summed E-state index contributed by atoms with van der Waals surface area (Å²) >= 11 is 0. The van der Waals surface area contributed by atoms with E-state index in [2.05, 4.69) is 12.1 Å². The van der Waals surface area contributed by atoms with Gasteiger partial charge in [-0.2, -0.15) is 10.5 Å². The molecule has 8 nitrogen and oxygen atoms in total. The standard InChI is InChI=1S/C28H25N3O5/c1-4-36-27(33)28(17-30)23-14-5-18(15-29)16-31(23)25(24(28)19-6-10-21(34-2)11-7-19)26(32)20-8-12-22(35-3)13-9-20/h5-14,16,23-25H,4H2,1-3H3/t23-,24-,25+,28-/m0/s1. The van der Waals surface area contributed by atoms with Crippen LogP contribution in [0.3, 0.4) is 0 Å². The smallest absolute Gasteiger partial charge is 0.329 e. The summed E-state index contributed by atoms with van der Waals surface area (Å²) in [5.74, 6) is -0.725. The molecule has 0 unspecified atom stereocenters. The number of carbonyl (C=O) groups excluding carboxylic acids is 2. The first-order valence-corrected chi connectivity index (χ1v) is 11.4. The van der Waals surface area contributed by atoms with Crippen LogP contribution < -0.4 is 9.47 Å². The number of fused-ring (bicyclic) bond motifs is 1. The number of hydrogen-bond acceptors (Lipinski definition) is 8. The highest BCUT2D eigenvalue weighted by molar-refractivity contribution is 6.03. The van der Waals surface area contributed by atoms with E-state index in [0.29, 0.717) is 28.2 Å². The summed E-state index contributed by atoms with van der Waals surface area (Å²) in [7, 11) is 3.07. The molecule has 2 heterocycles. The van der Waals surface area contributed by atoms with Crippen LogP contribution in [0.25, 0.3) is 0 Å². The highest BCUT2D eigenvalue weighted by Gasteiger charge is 2.66. The van der Waals surface area contributed by atoms with Crippen LogP contribution in [0.2, 0.25) is 0 Å². The Morgan fingerprint density at radius 3 is 2.14 bits per heavy atom. The maximum Gasteiger partial charge on any atom is 0.329 e. The summed E-state index contributed by atoms with van der Waals surface area (Å²) in [5.41, 5.74) is -0.445. The lowest BCUT2D eigenvalue weighted by molar-refractivity contribution is -0.153. The summed E-state index contributed by atoms with van der Waals surface area (Å²) in [4.78, 5) is 29.3. The van der Waals surface area contributed by atoms with E-state index in [9.17, 15) is 20.1 Å². The summed E-state index contributed by atoms with van der Waals surface area (Å²) in [5, 5.41) is 20.2. The number of nitrogens with zero attached hydrogens (tertiary/aromatic N) is 3. The zero-order valence-electron chi connectivity index (χ0n) is 20.2. The topological polar surface area (TPSA) is 113 Å². The summed E-state index contributed by atoms with van der Waals surface area (Å²) in [6, 6.07) is 16.1. The van der Waals surface area contributed by atoms with E-state index in [4.69, 9.17) is 14.2 Å². The second-order valence-corrected chi connectivity index (χ2v) is 8.44. The molecule has 0 radical (unpaired) electrons. The first kappa shape index (κ1) is 24.6. The molecule has 2 aliphatic rings. The molecule has 0 aliphatic carbocycles. The molecule has 8 heteroatoms. The number of allylic oxidation sites excluding steroid dienone is 2. The van der Waals surface area contributed by atoms with Crippen LogP contribution in [0, 0.1) is 28.1 Å². The third-order valence-corrected chi connectivity index (χ3v) is 6.71. The molecule has 4 atom stereocenters. The van der Waals surface area contributed by atoms with Crippen molar-refractivity contribution in [2.75, 3.05) is 20.8 Å². The summed E-state index contributed by atoms with van der Waals surface area (Å²) in [6.45, 7) is 1.74. The van der Waals surface area contributed by atoms with Crippen molar-refractivity contribution >= 4 is 11.8 Å². The Labute approximate surface area is 209 Å². The van der Waals surface area contributed by atoms with Gasteiger partial charge in [-0.3, -0.25) is 9.59 Å². The second-order valence-electron chi connectivity index (χ2n) is 8.44. The van der Waals surface area contributed by atoms with E-state index in [0.717, 1.165) is 0 Å². The number of methoxy groups -OCH3 is 2. The Hall–Kier alpha value is -4.56. The molecule has 2 aromatic carbocycles. The molecule has 0 spiro atoms.